The van der Waals surface area contributed by atoms with Crippen LogP contribution < -0.4 is 19.5 Å². The molecule has 0 spiro atoms. The third-order valence-electron chi connectivity index (χ3n) is 5.18. The van der Waals surface area contributed by atoms with Gasteiger partial charge in [0.15, 0.2) is 11.5 Å². The van der Waals surface area contributed by atoms with Gasteiger partial charge in [0, 0.05) is 23.1 Å². The van der Waals surface area contributed by atoms with Crippen molar-refractivity contribution in [3.63, 3.8) is 0 Å². The Balaban J connectivity index is 1.63. The van der Waals surface area contributed by atoms with Gasteiger partial charge in [-0.1, -0.05) is 12.1 Å². The summed E-state index contributed by atoms with van der Waals surface area (Å²) in [4.78, 5) is 12.8. The zero-order valence-electron chi connectivity index (χ0n) is 18.1. The lowest BCUT2D eigenvalue weighted by atomic mass is 10.1. The highest BCUT2D eigenvalue weighted by atomic mass is 16.7. The van der Waals surface area contributed by atoms with Crippen LogP contribution in [0.15, 0.2) is 54.1 Å². The number of aromatic nitrogens is 1. The number of nitriles is 1. The van der Waals surface area contributed by atoms with E-state index in [9.17, 15) is 10.1 Å². The molecule has 4 rings (SSSR count). The monoisotopic (exact) mass is 429 g/mol. The summed E-state index contributed by atoms with van der Waals surface area (Å²) in [7, 11) is 0. The molecule has 2 heterocycles. The second kappa shape index (κ2) is 8.90. The van der Waals surface area contributed by atoms with E-state index in [1.54, 1.807) is 24.3 Å². The average molecular weight is 429 g/mol. The van der Waals surface area contributed by atoms with Crippen molar-refractivity contribution in [1.82, 2.24) is 4.57 Å². The van der Waals surface area contributed by atoms with E-state index in [0.29, 0.717) is 29.5 Å². The number of rotatable bonds is 6. The number of amides is 1. The molecule has 7 heteroatoms. The van der Waals surface area contributed by atoms with E-state index < -0.39 is 5.91 Å². The van der Waals surface area contributed by atoms with Gasteiger partial charge in [0.2, 0.25) is 6.79 Å². The van der Waals surface area contributed by atoms with Gasteiger partial charge >= 0.3 is 0 Å². The third-order valence-corrected chi connectivity index (χ3v) is 5.18. The molecular formula is C25H23N3O4. The maximum absolute atomic E-state index is 12.8. The Kier molecular flexibility index (Phi) is 5.86. The molecule has 0 saturated heterocycles. The first-order chi connectivity index (χ1) is 15.5. The zero-order chi connectivity index (χ0) is 22.7. The highest BCUT2D eigenvalue weighted by Gasteiger charge is 2.18. The number of fused-ring (bicyclic) bond motifs is 1. The number of hydrogen-bond donors (Lipinski definition) is 1. The van der Waals surface area contributed by atoms with E-state index in [1.807, 2.05) is 61.7 Å². The van der Waals surface area contributed by atoms with Gasteiger partial charge in [-0.3, -0.25) is 4.79 Å². The first-order valence-electron chi connectivity index (χ1n) is 10.3. The van der Waals surface area contributed by atoms with Crippen molar-refractivity contribution >= 4 is 17.7 Å². The van der Waals surface area contributed by atoms with Crippen molar-refractivity contribution in [2.75, 3.05) is 18.7 Å². The van der Waals surface area contributed by atoms with Gasteiger partial charge in [-0.2, -0.15) is 5.26 Å². The summed E-state index contributed by atoms with van der Waals surface area (Å²) in [6.45, 7) is 6.47. The van der Waals surface area contributed by atoms with Gasteiger partial charge in [-0.05, 0) is 62.7 Å². The fourth-order valence-electron chi connectivity index (χ4n) is 3.70. The Morgan fingerprint density at radius 1 is 1.19 bits per heavy atom. The number of nitrogens with zero attached hydrogens (tertiary/aromatic N) is 2. The highest BCUT2D eigenvalue weighted by molar-refractivity contribution is 6.10. The minimum absolute atomic E-state index is 0.00207. The molecule has 1 aliphatic heterocycles. The van der Waals surface area contributed by atoms with Crippen LogP contribution in [0, 0.1) is 25.2 Å². The molecule has 0 bridgehead atoms. The number of para-hydroxylation sites is 2. The van der Waals surface area contributed by atoms with Crippen LogP contribution in [0.5, 0.6) is 17.2 Å². The van der Waals surface area contributed by atoms with Crippen molar-refractivity contribution in [2.24, 2.45) is 0 Å². The fourth-order valence-corrected chi connectivity index (χ4v) is 3.70. The fraction of sp³-hybridized carbons (Fsp3) is 0.200. The molecule has 0 fully saturated rings. The van der Waals surface area contributed by atoms with E-state index in [2.05, 4.69) is 5.32 Å². The molecule has 0 aliphatic carbocycles. The van der Waals surface area contributed by atoms with Gasteiger partial charge in [0.1, 0.15) is 17.4 Å². The number of nitrogens with one attached hydrogen (secondary N) is 1. The standard InChI is InChI=1S/C25H23N3O4/c1-4-30-22-8-6-5-7-21(22)27-25(29)19(14-26)12-18-11-16(2)28(17(18)3)20-9-10-23-24(13-20)32-15-31-23/h5-13H,4,15H2,1-3H3,(H,27,29)/b19-12+. The minimum atomic E-state index is -0.493. The quantitative estimate of drug-likeness (QED) is 0.451. The summed E-state index contributed by atoms with van der Waals surface area (Å²) in [5, 5.41) is 12.4. The SMILES string of the molecule is CCOc1ccccc1NC(=O)/C(C#N)=C/c1cc(C)n(-c2ccc3c(c2)OCO3)c1C. The first kappa shape index (κ1) is 21.1. The van der Waals surface area contributed by atoms with Crippen LogP contribution >= 0.6 is 0 Å². The Labute approximate surface area is 186 Å². The summed E-state index contributed by atoms with van der Waals surface area (Å²) >= 11 is 0. The van der Waals surface area contributed by atoms with E-state index in [1.165, 1.54) is 0 Å². The second-order valence-electron chi connectivity index (χ2n) is 7.25. The lowest BCUT2D eigenvalue weighted by Crippen LogP contribution is -2.14. The van der Waals surface area contributed by atoms with E-state index >= 15 is 0 Å². The van der Waals surface area contributed by atoms with Crippen molar-refractivity contribution in [3.05, 3.63) is 71.1 Å². The molecule has 0 radical (unpaired) electrons. The Morgan fingerprint density at radius 3 is 2.75 bits per heavy atom. The van der Waals surface area contributed by atoms with E-state index in [0.717, 1.165) is 22.6 Å². The Morgan fingerprint density at radius 2 is 1.97 bits per heavy atom. The van der Waals surface area contributed by atoms with Crippen molar-refractivity contribution in [3.8, 4) is 29.0 Å². The molecule has 7 nitrogen and oxygen atoms in total. The van der Waals surface area contributed by atoms with Crippen molar-refractivity contribution in [1.29, 1.82) is 5.26 Å². The van der Waals surface area contributed by atoms with Gasteiger partial charge in [-0.25, -0.2) is 0 Å². The summed E-state index contributed by atoms with van der Waals surface area (Å²) in [5.41, 5.74) is 4.08. The molecule has 1 aromatic heterocycles. The molecule has 32 heavy (non-hydrogen) atoms. The lowest BCUT2D eigenvalue weighted by Gasteiger charge is -2.11. The lowest BCUT2D eigenvalue weighted by molar-refractivity contribution is -0.112. The normalized spacial score (nSPS) is 12.4. The predicted molar refractivity (Wildman–Crippen MR) is 121 cm³/mol. The van der Waals surface area contributed by atoms with Crippen LogP contribution in [0.3, 0.4) is 0 Å². The number of aryl methyl sites for hydroxylation is 1. The molecule has 0 atom stereocenters. The minimum Gasteiger partial charge on any atom is -0.492 e. The Bertz CT molecular complexity index is 1250. The van der Waals surface area contributed by atoms with Gasteiger partial charge < -0.3 is 24.1 Å². The molecule has 162 valence electrons. The summed E-state index contributed by atoms with van der Waals surface area (Å²) < 4.78 is 18.5. The van der Waals surface area contributed by atoms with Crippen molar-refractivity contribution < 1.29 is 19.0 Å². The third kappa shape index (κ3) is 4.03. The van der Waals surface area contributed by atoms with Crippen LogP contribution in [0.2, 0.25) is 0 Å². The maximum Gasteiger partial charge on any atom is 0.266 e. The average Bonchev–Trinajstić information content (AvgIpc) is 3.36. The second-order valence-corrected chi connectivity index (χ2v) is 7.25. The Hall–Kier alpha value is -4.18. The van der Waals surface area contributed by atoms with Gasteiger partial charge in [0.25, 0.3) is 5.91 Å². The molecule has 3 aromatic rings. The topological polar surface area (TPSA) is 85.5 Å². The van der Waals surface area contributed by atoms with Gasteiger partial charge in [-0.15, -0.1) is 0 Å². The molecule has 1 amide bonds. The smallest absolute Gasteiger partial charge is 0.266 e. The van der Waals surface area contributed by atoms with Crippen LogP contribution in [-0.2, 0) is 4.79 Å². The van der Waals surface area contributed by atoms with Crippen LogP contribution in [0.4, 0.5) is 5.69 Å². The number of carbonyl (C=O) groups excluding carboxylic acids is 1. The first-order valence-corrected chi connectivity index (χ1v) is 10.3. The summed E-state index contributed by atoms with van der Waals surface area (Å²) in [5.74, 6) is 1.47. The van der Waals surface area contributed by atoms with E-state index in [-0.39, 0.29) is 12.4 Å². The van der Waals surface area contributed by atoms with Crippen molar-refractivity contribution in [2.45, 2.75) is 20.8 Å². The molecular weight excluding hydrogens is 406 g/mol. The highest BCUT2D eigenvalue weighted by Crippen LogP contribution is 2.35. The number of anilines is 1. The molecule has 2 aromatic carbocycles. The molecule has 0 unspecified atom stereocenters. The van der Waals surface area contributed by atoms with Gasteiger partial charge in [0.05, 0.1) is 12.3 Å². The van der Waals surface area contributed by atoms with Crippen LogP contribution in [-0.4, -0.2) is 23.9 Å². The van der Waals surface area contributed by atoms with Crippen LogP contribution in [0.25, 0.3) is 11.8 Å². The number of hydrogen-bond acceptors (Lipinski definition) is 5. The zero-order valence-corrected chi connectivity index (χ0v) is 18.1. The summed E-state index contributed by atoms with van der Waals surface area (Å²) in [6.07, 6.45) is 1.60. The molecule has 1 aliphatic rings. The molecule has 0 saturated carbocycles. The largest absolute Gasteiger partial charge is 0.492 e. The molecule has 1 N–H and O–H groups in total. The maximum atomic E-state index is 12.8. The van der Waals surface area contributed by atoms with E-state index in [4.69, 9.17) is 14.2 Å². The number of benzene rings is 2. The number of carbonyl (C=O) groups is 1. The number of ether oxygens (including phenoxy) is 3. The summed E-state index contributed by atoms with van der Waals surface area (Å²) in [6, 6.07) is 16.8. The predicted octanol–water partition coefficient (Wildman–Crippen LogP) is 4.77. The van der Waals surface area contributed by atoms with Crippen LogP contribution in [0.1, 0.15) is 23.9 Å².